The van der Waals surface area contributed by atoms with Crippen LogP contribution in [0.5, 0.6) is 0 Å². The molecule has 1 heterocycles. The first-order valence-electron chi connectivity index (χ1n) is 9.28. The molecule has 0 fully saturated rings. The third-order valence-corrected chi connectivity index (χ3v) is 5.45. The fraction of sp³-hybridized carbons (Fsp3) is 0.409. The summed E-state index contributed by atoms with van der Waals surface area (Å²) in [7, 11) is 0. The zero-order valence-electron chi connectivity index (χ0n) is 16.6. The molecule has 1 aliphatic carbocycles. The van der Waals surface area contributed by atoms with Gasteiger partial charge >= 0.3 is 5.97 Å². The Bertz CT molecular complexity index is 919. The van der Waals surface area contributed by atoms with Gasteiger partial charge < -0.3 is 4.74 Å². The van der Waals surface area contributed by atoms with E-state index < -0.39 is 5.60 Å². The van der Waals surface area contributed by atoms with Crippen molar-refractivity contribution in [3.63, 3.8) is 0 Å². The Morgan fingerprint density at radius 2 is 2.14 bits per heavy atom. The predicted molar refractivity (Wildman–Crippen MR) is 112 cm³/mol. The summed E-state index contributed by atoms with van der Waals surface area (Å²) < 4.78 is 6.34. The smallest absolute Gasteiger partial charge is 0.310 e. The molecule has 1 aromatic rings. The molecule has 0 N–H and O–H groups in total. The monoisotopic (exact) mass is 441 g/mol. The number of allylic oxidation sites excluding steroid dienone is 1. The Labute approximate surface area is 174 Å². The van der Waals surface area contributed by atoms with Crippen molar-refractivity contribution < 1.29 is 9.53 Å². The van der Waals surface area contributed by atoms with Gasteiger partial charge in [-0.1, -0.05) is 40.2 Å². The lowest BCUT2D eigenvalue weighted by Crippen LogP contribution is -2.32. The Morgan fingerprint density at radius 3 is 2.82 bits per heavy atom. The molecule has 6 heteroatoms. The Morgan fingerprint density at radius 1 is 1.39 bits per heavy atom. The number of carbonyl (C=O) groups is 1. The number of carbonyl (C=O) groups excluding carboxylic acids is 1. The summed E-state index contributed by atoms with van der Waals surface area (Å²) in [5.41, 5.74) is 3.01. The normalized spacial score (nSPS) is 20.9. The van der Waals surface area contributed by atoms with Gasteiger partial charge in [0.15, 0.2) is 0 Å². The van der Waals surface area contributed by atoms with Gasteiger partial charge in [-0.25, -0.2) is 0 Å². The van der Waals surface area contributed by atoms with E-state index in [0.717, 1.165) is 21.3 Å². The summed E-state index contributed by atoms with van der Waals surface area (Å²) in [6, 6.07) is 7.89. The molecule has 1 aromatic carbocycles. The van der Waals surface area contributed by atoms with E-state index in [1.54, 1.807) is 0 Å². The summed E-state index contributed by atoms with van der Waals surface area (Å²) in [5, 5.41) is 16.2. The number of hydrogen-bond donors (Lipinski definition) is 0. The molecule has 0 saturated heterocycles. The van der Waals surface area contributed by atoms with Crippen LogP contribution in [0, 0.1) is 17.2 Å². The van der Waals surface area contributed by atoms with Crippen LogP contribution in [0.4, 0.5) is 0 Å². The average molecular weight is 442 g/mol. The highest BCUT2D eigenvalue weighted by atomic mass is 79.9. The zero-order chi connectivity index (χ0) is 20.5. The van der Waals surface area contributed by atoms with E-state index in [9.17, 15) is 10.1 Å². The van der Waals surface area contributed by atoms with Crippen molar-refractivity contribution in [3.8, 4) is 6.07 Å². The van der Waals surface area contributed by atoms with Gasteiger partial charge in [-0.05, 0) is 45.4 Å². The molecule has 1 aliphatic heterocycles. The van der Waals surface area contributed by atoms with Crippen LogP contribution in [-0.4, -0.2) is 28.3 Å². The quantitative estimate of drug-likeness (QED) is 0.633. The van der Waals surface area contributed by atoms with Crippen LogP contribution in [0.25, 0.3) is 0 Å². The van der Waals surface area contributed by atoms with Crippen LogP contribution in [0.15, 0.2) is 51.6 Å². The molecule has 0 bridgehead atoms. The molecule has 3 rings (SSSR count). The number of esters is 1. The van der Waals surface area contributed by atoms with Crippen LogP contribution in [0.3, 0.4) is 0 Å². The van der Waals surface area contributed by atoms with Crippen LogP contribution >= 0.6 is 15.9 Å². The minimum absolute atomic E-state index is 0.0288. The lowest BCUT2D eigenvalue weighted by molar-refractivity contribution is -0.153. The molecule has 0 aromatic heterocycles. The number of benzene rings is 1. The third-order valence-electron chi connectivity index (χ3n) is 4.71. The summed E-state index contributed by atoms with van der Waals surface area (Å²) in [6.07, 6.45) is 6.43. The molecule has 2 aliphatic rings. The van der Waals surface area contributed by atoms with Crippen molar-refractivity contribution in [2.24, 2.45) is 11.0 Å². The predicted octanol–water partition coefficient (Wildman–Crippen LogP) is 4.73. The SMILES string of the molecule is CC1=NN(Cc2c(Br)cccc2C#N)C2C=C(CC(=O)OC(C)(C)C)C=CC12. The second-order valence-electron chi connectivity index (χ2n) is 8.10. The van der Waals surface area contributed by atoms with Gasteiger partial charge in [0.2, 0.25) is 0 Å². The van der Waals surface area contributed by atoms with E-state index in [2.05, 4.69) is 34.2 Å². The minimum atomic E-state index is -0.495. The standard InChI is InChI=1S/C22H24BrN3O2/c1-14-17-9-8-15(11-21(27)28-22(2,3)4)10-20(17)26(25-14)13-18-16(12-24)6-5-7-19(18)23/h5-10,17,20H,11,13H2,1-4H3. The first-order valence-corrected chi connectivity index (χ1v) is 10.1. The highest BCUT2D eigenvalue weighted by Gasteiger charge is 2.35. The molecular weight excluding hydrogens is 418 g/mol. The van der Waals surface area contributed by atoms with Crippen molar-refractivity contribution in [2.45, 2.75) is 52.3 Å². The highest BCUT2D eigenvalue weighted by molar-refractivity contribution is 9.10. The van der Waals surface area contributed by atoms with Gasteiger partial charge in [0, 0.05) is 21.7 Å². The second-order valence-corrected chi connectivity index (χ2v) is 8.95. The Balaban J connectivity index is 1.80. The lowest BCUT2D eigenvalue weighted by Gasteiger charge is -2.28. The molecule has 0 saturated carbocycles. The number of halogens is 1. The van der Waals surface area contributed by atoms with E-state index in [-0.39, 0.29) is 24.3 Å². The van der Waals surface area contributed by atoms with E-state index >= 15 is 0 Å². The topological polar surface area (TPSA) is 65.7 Å². The maximum atomic E-state index is 12.2. The Kier molecular flexibility index (Phi) is 5.76. The number of ether oxygens (including phenoxy) is 1. The molecule has 0 spiro atoms. The van der Waals surface area contributed by atoms with Crippen LogP contribution in [-0.2, 0) is 16.1 Å². The first-order chi connectivity index (χ1) is 13.2. The number of fused-ring (bicyclic) bond motifs is 1. The van der Waals surface area contributed by atoms with Gasteiger partial charge in [-0.2, -0.15) is 10.4 Å². The number of nitrogens with zero attached hydrogens (tertiary/aromatic N) is 3. The second kappa shape index (κ2) is 7.92. The summed E-state index contributed by atoms with van der Waals surface area (Å²) in [5.74, 6) is -0.0583. The fourth-order valence-electron chi connectivity index (χ4n) is 3.50. The van der Waals surface area contributed by atoms with E-state index in [4.69, 9.17) is 9.84 Å². The molecule has 2 unspecified atom stereocenters. The fourth-order valence-corrected chi connectivity index (χ4v) is 3.99. The first kappa shape index (κ1) is 20.3. The highest BCUT2D eigenvalue weighted by Crippen LogP contribution is 2.33. The molecule has 0 amide bonds. The van der Waals surface area contributed by atoms with Crippen molar-refractivity contribution in [1.82, 2.24) is 5.01 Å². The zero-order valence-corrected chi connectivity index (χ0v) is 18.2. The van der Waals surface area contributed by atoms with Gasteiger partial charge in [-0.15, -0.1) is 0 Å². The summed E-state index contributed by atoms with van der Waals surface area (Å²) in [4.78, 5) is 12.2. The van der Waals surface area contributed by atoms with Gasteiger partial charge in [-0.3, -0.25) is 9.80 Å². The molecule has 146 valence electrons. The maximum absolute atomic E-state index is 12.2. The molecule has 5 nitrogen and oxygen atoms in total. The van der Waals surface area contributed by atoms with Crippen molar-refractivity contribution >= 4 is 27.6 Å². The van der Waals surface area contributed by atoms with Crippen molar-refractivity contribution in [1.29, 1.82) is 5.26 Å². The largest absolute Gasteiger partial charge is 0.460 e. The van der Waals surface area contributed by atoms with Crippen LogP contribution < -0.4 is 0 Å². The van der Waals surface area contributed by atoms with Crippen LogP contribution in [0.2, 0.25) is 0 Å². The van der Waals surface area contributed by atoms with Crippen LogP contribution in [0.1, 0.15) is 45.2 Å². The lowest BCUT2D eigenvalue weighted by atomic mass is 9.88. The van der Waals surface area contributed by atoms with E-state index in [1.807, 2.05) is 57.0 Å². The summed E-state index contributed by atoms with van der Waals surface area (Å²) in [6.45, 7) is 8.14. The van der Waals surface area contributed by atoms with Gasteiger partial charge in [0.05, 0.1) is 30.6 Å². The number of hydrazone groups is 1. The third kappa shape index (κ3) is 4.53. The number of nitriles is 1. The molecule has 28 heavy (non-hydrogen) atoms. The minimum Gasteiger partial charge on any atom is -0.460 e. The number of rotatable bonds is 4. The molecule has 2 atom stereocenters. The summed E-state index contributed by atoms with van der Waals surface area (Å²) >= 11 is 3.55. The number of hydrogen-bond acceptors (Lipinski definition) is 5. The molecular formula is C22H24BrN3O2. The maximum Gasteiger partial charge on any atom is 0.310 e. The van der Waals surface area contributed by atoms with Gasteiger partial charge in [0.25, 0.3) is 0 Å². The van der Waals surface area contributed by atoms with Crippen molar-refractivity contribution in [3.05, 3.63) is 57.6 Å². The Hall–Kier alpha value is -2.39. The van der Waals surface area contributed by atoms with Gasteiger partial charge in [0.1, 0.15) is 5.60 Å². The average Bonchev–Trinajstić information content (AvgIpc) is 2.90. The van der Waals surface area contributed by atoms with E-state index in [1.165, 1.54) is 0 Å². The molecule has 0 radical (unpaired) electrons. The van der Waals surface area contributed by atoms with Crippen molar-refractivity contribution in [2.75, 3.05) is 0 Å². The van der Waals surface area contributed by atoms with E-state index in [0.29, 0.717) is 12.1 Å².